The summed E-state index contributed by atoms with van der Waals surface area (Å²) in [6.07, 6.45) is 0.787. The maximum Gasteiger partial charge on any atom is 0.166 e. The van der Waals surface area contributed by atoms with Crippen LogP contribution in [0, 0.1) is 11.6 Å². The second-order valence-corrected chi connectivity index (χ2v) is 6.38. The second-order valence-electron chi connectivity index (χ2n) is 6.38. The van der Waals surface area contributed by atoms with Crippen molar-refractivity contribution in [1.82, 2.24) is 5.32 Å². The highest BCUT2D eigenvalue weighted by Crippen LogP contribution is 2.32. The molecule has 3 aromatic rings. The normalized spacial score (nSPS) is 10.7. The lowest BCUT2D eigenvalue weighted by Crippen LogP contribution is -2.17. The molecule has 0 aliphatic rings. The number of methoxy groups -OCH3 is 1. The van der Waals surface area contributed by atoms with E-state index in [-0.39, 0.29) is 18.2 Å². The van der Waals surface area contributed by atoms with Gasteiger partial charge in [0.2, 0.25) is 0 Å². The van der Waals surface area contributed by atoms with E-state index in [9.17, 15) is 8.78 Å². The highest BCUT2D eigenvalue weighted by molar-refractivity contribution is 5.46. The van der Waals surface area contributed by atoms with Crippen molar-refractivity contribution in [3.63, 3.8) is 0 Å². The molecule has 0 aliphatic heterocycles. The Balaban J connectivity index is 1.62. The molecule has 0 aliphatic carbocycles. The molecule has 5 heteroatoms. The molecule has 0 amide bonds. The third kappa shape index (κ3) is 5.30. The SMILES string of the molecule is COc1cccc(CNCCc2ccc(F)cc2)c1OCc1ccccc1F. The third-order valence-corrected chi connectivity index (χ3v) is 4.43. The number of hydrogen-bond acceptors (Lipinski definition) is 3. The largest absolute Gasteiger partial charge is 0.493 e. The fourth-order valence-corrected chi connectivity index (χ4v) is 2.90. The van der Waals surface area contributed by atoms with E-state index in [0.29, 0.717) is 23.6 Å². The Morgan fingerprint density at radius 2 is 1.61 bits per heavy atom. The quantitative estimate of drug-likeness (QED) is 0.534. The summed E-state index contributed by atoms with van der Waals surface area (Å²) in [7, 11) is 1.58. The zero-order valence-electron chi connectivity index (χ0n) is 15.8. The van der Waals surface area contributed by atoms with Crippen molar-refractivity contribution in [2.24, 2.45) is 0 Å². The van der Waals surface area contributed by atoms with Crippen molar-refractivity contribution >= 4 is 0 Å². The molecule has 0 atom stereocenters. The van der Waals surface area contributed by atoms with Crippen LogP contribution in [0.25, 0.3) is 0 Å². The van der Waals surface area contributed by atoms with Crippen LogP contribution >= 0.6 is 0 Å². The second kappa shape index (κ2) is 9.85. The first-order valence-electron chi connectivity index (χ1n) is 9.14. The molecule has 0 aromatic heterocycles. The minimum absolute atomic E-state index is 0.121. The molecule has 1 N–H and O–H groups in total. The zero-order valence-corrected chi connectivity index (χ0v) is 15.8. The van der Waals surface area contributed by atoms with Crippen molar-refractivity contribution in [3.8, 4) is 11.5 Å². The van der Waals surface area contributed by atoms with Crippen LogP contribution in [0.15, 0.2) is 66.7 Å². The lowest BCUT2D eigenvalue weighted by atomic mass is 10.1. The monoisotopic (exact) mass is 383 g/mol. The van der Waals surface area contributed by atoms with Gasteiger partial charge >= 0.3 is 0 Å². The van der Waals surface area contributed by atoms with Gasteiger partial charge in [-0.25, -0.2) is 8.78 Å². The van der Waals surface area contributed by atoms with Crippen LogP contribution in [0.3, 0.4) is 0 Å². The van der Waals surface area contributed by atoms with Crippen LogP contribution in [-0.4, -0.2) is 13.7 Å². The molecule has 0 bridgehead atoms. The summed E-state index contributed by atoms with van der Waals surface area (Å²) in [5.41, 5.74) is 2.48. The van der Waals surface area contributed by atoms with Gasteiger partial charge in [-0.3, -0.25) is 0 Å². The molecule has 0 unspecified atom stereocenters. The molecule has 3 aromatic carbocycles. The summed E-state index contributed by atoms with van der Waals surface area (Å²) >= 11 is 0. The van der Waals surface area contributed by atoms with Gasteiger partial charge in [0.25, 0.3) is 0 Å². The van der Waals surface area contributed by atoms with Crippen LogP contribution in [0.5, 0.6) is 11.5 Å². The van der Waals surface area contributed by atoms with Crippen molar-refractivity contribution < 1.29 is 18.3 Å². The molecule has 3 rings (SSSR count). The number of hydrogen-bond donors (Lipinski definition) is 1. The van der Waals surface area contributed by atoms with Crippen LogP contribution in [0.4, 0.5) is 8.78 Å². The van der Waals surface area contributed by atoms with E-state index in [4.69, 9.17) is 9.47 Å². The van der Waals surface area contributed by atoms with Gasteiger partial charge in [-0.1, -0.05) is 42.5 Å². The third-order valence-electron chi connectivity index (χ3n) is 4.43. The fourth-order valence-electron chi connectivity index (χ4n) is 2.90. The zero-order chi connectivity index (χ0) is 19.8. The lowest BCUT2D eigenvalue weighted by molar-refractivity contribution is 0.276. The summed E-state index contributed by atoms with van der Waals surface area (Å²) in [4.78, 5) is 0. The average Bonchev–Trinajstić information content (AvgIpc) is 2.72. The van der Waals surface area contributed by atoms with E-state index in [2.05, 4.69) is 5.32 Å². The molecule has 146 valence electrons. The highest BCUT2D eigenvalue weighted by atomic mass is 19.1. The number of benzene rings is 3. The van der Waals surface area contributed by atoms with Gasteiger partial charge < -0.3 is 14.8 Å². The summed E-state index contributed by atoms with van der Waals surface area (Å²) in [6.45, 7) is 1.43. The van der Waals surface area contributed by atoms with E-state index in [1.165, 1.54) is 18.2 Å². The Bertz CT molecular complexity index is 897. The topological polar surface area (TPSA) is 30.5 Å². The van der Waals surface area contributed by atoms with Gasteiger partial charge in [-0.05, 0) is 42.8 Å². The number of halogens is 2. The molecular formula is C23H23F2NO2. The summed E-state index contributed by atoms with van der Waals surface area (Å²) in [6, 6.07) is 18.7. The molecule has 0 saturated carbocycles. The Kier molecular flexibility index (Phi) is 6.98. The van der Waals surface area contributed by atoms with Gasteiger partial charge in [-0.15, -0.1) is 0 Å². The molecule has 3 nitrogen and oxygen atoms in total. The van der Waals surface area contributed by atoms with Gasteiger partial charge in [0.05, 0.1) is 7.11 Å². The smallest absolute Gasteiger partial charge is 0.166 e. The van der Waals surface area contributed by atoms with E-state index in [1.54, 1.807) is 37.4 Å². The number of ether oxygens (including phenoxy) is 2. The molecule has 0 heterocycles. The molecule has 0 saturated heterocycles. The number of nitrogens with one attached hydrogen (secondary N) is 1. The predicted molar refractivity (Wildman–Crippen MR) is 106 cm³/mol. The van der Waals surface area contributed by atoms with E-state index >= 15 is 0 Å². The first kappa shape index (κ1) is 19.8. The summed E-state index contributed by atoms with van der Waals surface area (Å²) in [5.74, 6) is 0.679. The molecule has 0 radical (unpaired) electrons. The molecule has 0 spiro atoms. The van der Waals surface area contributed by atoms with Crippen LogP contribution in [-0.2, 0) is 19.6 Å². The van der Waals surface area contributed by atoms with Crippen molar-refractivity contribution in [1.29, 1.82) is 0 Å². The van der Waals surface area contributed by atoms with E-state index in [0.717, 1.165) is 24.1 Å². The maximum atomic E-state index is 13.9. The Hall–Kier alpha value is -2.92. The number of rotatable bonds is 9. The molecular weight excluding hydrogens is 360 g/mol. The minimum Gasteiger partial charge on any atom is -0.493 e. The number of para-hydroxylation sites is 1. The van der Waals surface area contributed by atoms with Gasteiger partial charge in [0.15, 0.2) is 11.5 Å². The van der Waals surface area contributed by atoms with Crippen molar-refractivity contribution in [3.05, 3.63) is 95.1 Å². The van der Waals surface area contributed by atoms with E-state index in [1.807, 2.05) is 18.2 Å². The van der Waals surface area contributed by atoms with Crippen LogP contribution in [0.1, 0.15) is 16.7 Å². The molecule has 0 fully saturated rings. The Labute approximate surface area is 163 Å². The minimum atomic E-state index is -0.295. The molecule has 28 heavy (non-hydrogen) atoms. The van der Waals surface area contributed by atoms with Crippen LogP contribution < -0.4 is 14.8 Å². The standard InChI is InChI=1S/C23H23F2NO2/c1-27-22-8-4-6-18(15-26-14-13-17-9-11-20(24)12-10-17)23(22)28-16-19-5-2-3-7-21(19)25/h2-12,26H,13-16H2,1H3. The highest BCUT2D eigenvalue weighted by Gasteiger charge is 2.12. The fraction of sp³-hybridized carbons (Fsp3) is 0.217. The summed E-state index contributed by atoms with van der Waals surface area (Å²) < 4.78 is 38.1. The van der Waals surface area contributed by atoms with E-state index < -0.39 is 0 Å². The summed E-state index contributed by atoms with van der Waals surface area (Å²) in [5, 5.41) is 3.36. The maximum absolute atomic E-state index is 13.9. The van der Waals surface area contributed by atoms with Gasteiger partial charge in [0.1, 0.15) is 18.2 Å². The Morgan fingerprint density at radius 3 is 2.36 bits per heavy atom. The van der Waals surface area contributed by atoms with Crippen LogP contribution in [0.2, 0.25) is 0 Å². The average molecular weight is 383 g/mol. The first-order valence-corrected chi connectivity index (χ1v) is 9.14. The lowest BCUT2D eigenvalue weighted by Gasteiger charge is -2.16. The Morgan fingerprint density at radius 1 is 0.857 bits per heavy atom. The predicted octanol–water partition coefficient (Wildman–Crippen LogP) is 4.88. The first-order chi connectivity index (χ1) is 13.7. The van der Waals surface area contributed by atoms with Crippen molar-refractivity contribution in [2.75, 3.05) is 13.7 Å². The van der Waals surface area contributed by atoms with Gasteiger partial charge in [0, 0.05) is 17.7 Å². The van der Waals surface area contributed by atoms with Crippen molar-refractivity contribution in [2.45, 2.75) is 19.6 Å². The van der Waals surface area contributed by atoms with Gasteiger partial charge in [-0.2, -0.15) is 0 Å².